The number of guanidine groups is 1. The van der Waals surface area contributed by atoms with Gasteiger partial charge in [-0.05, 0) is 58.2 Å². The summed E-state index contributed by atoms with van der Waals surface area (Å²) in [4.78, 5) is 6.83. The Morgan fingerprint density at radius 3 is 2.80 bits per heavy atom. The van der Waals surface area contributed by atoms with E-state index in [0.29, 0.717) is 5.96 Å². The summed E-state index contributed by atoms with van der Waals surface area (Å²) in [6, 6.07) is 0. The lowest BCUT2D eigenvalue weighted by molar-refractivity contribution is 0.146. The van der Waals surface area contributed by atoms with Crippen molar-refractivity contribution in [3.63, 3.8) is 0 Å². The van der Waals surface area contributed by atoms with E-state index in [4.69, 9.17) is 10.5 Å². The summed E-state index contributed by atoms with van der Waals surface area (Å²) in [5, 5.41) is 3.18. The van der Waals surface area contributed by atoms with E-state index >= 15 is 0 Å². The number of nitrogens with one attached hydrogen (secondary N) is 1. The monoisotopic (exact) mass is 284 g/mol. The van der Waals surface area contributed by atoms with Crippen LogP contribution in [0.25, 0.3) is 0 Å². The van der Waals surface area contributed by atoms with E-state index in [-0.39, 0.29) is 0 Å². The first kappa shape index (κ1) is 17.2. The quantitative estimate of drug-likeness (QED) is 0.382. The van der Waals surface area contributed by atoms with Crippen molar-refractivity contribution in [1.29, 1.82) is 0 Å². The molecule has 1 heterocycles. The lowest BCUT2D eigenvalue weighted by atomic mass is 9.99. The maximum Gasteiger partial charge on any atom is 0.188 e. The van der Waals surface area contributed by atoms with Gasteiger partial charge in [-0.15, -0.1) is 0 Å². The molecule has 0 spiro atoms. The van der Waals surface area contributed by atoms with Gasteiger partial charge in [-0.3, -0.25) is 4.99 Å². The number of piperidine rings is 1. The Morgan fingerprint density at radius 1 is 1.35 bits per heavy atom. The molecule has 0 radical (unpaired) electrons. The molecule has 1 aliphatic heterocycles. The fraction of sp³-hybridized carbons (Fsp3) is 0.933. The molecule has 0 atom stereocenters. The molecule has 0 bridgehead atoms. The first-order chi connectivity index (χ1) is 9.72. The minimum atomic E-state index is 0.564. The van der Waals surface area contributed by atoms with Gasteiger partial charge in [-0.2, -0.15) is 0 Å². The van der Waals surface area contributed by atoms with Crippen LogP contribution in [-0.2, 0) is 4.74 Å². The maximum atomic E-state index is 5.81. The third-order valence-corrected chi connectivity index (χ3v) is 3.77. The van der Waals surface area contributed by atoms with Gasteiger partial charge < -0.3 is 20.7 Å². The number of hydrogen-bond acceptors (Lipinski definition) is 3. The van der Waals surface area contributed by atoms with Crippen molar-refractivity contribution in [2.24, 2.45) is 16.6 Å². The predicted molar refractivity (Wildman–Crippen MR) is 85.1 cm³/mol. The van der Waals surface area contributed by atoms with Crippen LogP contribution in [0.2, 0.25) is 0 Å². The van der Waals surface area contributed by atoms with E-state index in [1.807, 2.05) is 6.92 Å². The summed E-state index contributed by atoms with van der Waals surface area (Å²) in [6.45, 7) is 11.2. The van der Waals surface area contributed by atoms with Crippen LogP contribution >= 0.6 is 0 Å². The fourth-order valence-electron chi connectivity index (χ4n) is 2.37. The van der Waals surface area contributed by atoms with Gasteiger partial charge in [0.15, 0.2) is 5.96 Å². The SMILES string of the molecule is CCOCCCN=C(N)NCCCN1CCC(C)CC1. The van der Waals surface area contributed by atoms with Gasteiger partial charge in [0, 0.05) is 26.3 Å². The molecule has 0 aromatic carbocycles. The van der Waals surface area contributed by atoms with Crippen LogP contribution in [0.3, 0.4) is 0 Å². The highest BCUT2D eigenvalue weighted by Crippen LogP contribution is 2.15. The van der Waals surface area contributed by atoms with Crippen molar-refractivity contribution in [2.45, 2.75) is 39.5 Å². The minimum absolute atomic E-state index is 0.564. The molecule has 1 rings (SSSR count). The van der Waals surface area contributed by atoms with Crippen LogP contribution in [0.5, 0.6) is 0 Å². The Labute approximate surface area is 124 Å². The smallest absolute Gasteiger partial charge is 0.188 e. The Kier molecular flexibility index (Phi) is 9.41. The number of likely N-dealkylation sites (tertiary alicyclic amines) is 1. The number of rotatable bonds is 9. The van der Waals surface area contributed by atoms with Gasteiger partial charge in [0.2, 0.25) is 0 Å². The predicted octanol–water partition coefficient (Wildman–Crippen LogP) is 1.44. The van der Waals surface area contributed by atoms with Gasteiger partial charge in [-0.1, -0.05) is 6.92 Å². The molecule has 5 nitrogen and oxygen atoms in total. The second kappa shape index (κ2) is 10.9. The molecule has 0 aliphatic carbocycles. The van der Waals surface area contributed by atoms with Crippen LogP contribution in [0.15, 0.2) is 4.99 Å². The Morgan fingerprint density at radius 2 is 2.10 bits per heavy atom. The van der Waals surface area contributed by atoms with Crippen LogP contribution in [0.1, 0.15) is 39.5 Å². The second-order valence-corrected chi connectivity index (χ2v) is 5.62. The summed E-state index contributed by atoms with van der Waals surface area (Å²) in [7, 11) is 0. The van der Waals surface area contributed by atoms with Gasteiger partial charge in [0.25, 0.3) is 0 Å². The van der Waals surface area contributed by atoms with Crippen molar-refractivity contribution in [1.82, 2.24) is 10.2 Å². The summed E-state index contributed by atoms with van der Waals surface area (Å²) >= 11 is 0. The van der Waals surface area contributed by atoms with Gasteiger partial charge in [0.05, 0.1) is 0 Å². The van der Waals surface area contributed by atoms with Crippen LogP contribution in [0.4, 0.5) is 0 Å². The second-order valence-electron chi connectivity index (χ2n) is 5.62. The molecule has 1 fully saturated rings. The van der Waals surface area contributed by atoms with Crippen molar-refractivity contribution < 1.29 is 4.74 Å². The summed E-state index contributed by atoms with van der Waals surface area (Å²) in [6.07, 6.45) is 4.75. The van der Waals surface area contributed by atoms with E-state index in [1.165, 1.54) is 25.9 Å². The standard InChI is InChI=1S/C15H32N4O/c1-3-20-13-5-9-18-15(16)17-8-4-10-19-11-6-14(2)7-12-19/h14H,3-13H2,1-2H3,(H3,16,17,18). The molecule has 0 amide bonds. The topological polar surface area (TPSA) is 62.9 Å². The van der Waals surface area contributed by atoms with Crippen LogP contribution < -0.4 is 11.1 Å². The Balaban J connectivity index is 1.95. The highest BCUT2D eigenvalue weighted by atomic mass is 16.5. The highest BCUT2D eigenvalue weighted by Gasteiger charge is 2.14. The van der Waals surface area contributed by atoms with E-state index in [9.17, 15) is 0 Å². The Hall–Kier alpha value is -0.810. The number of hydrogen-bond donors (Lipinski definition) is 2. The third kappa shape index (κ3) is 8.38. The largest absolute Gasteiger partial charge is 0.382 e. The number of aliphatic imine (C=N–C) groups is 1. The molecular formula is C15H32N4O. The van der Waals surface area contributed by atoms with Crippen molar-refractivity contribution in [3.05, 3.63) is 0 Å². The zero-order chi connectivity index (χ0) is 14.6. The maximum absolute atomic E-state index is 5.81. The van der Waals surface area contributed by atoms with Gasteiger partial charge in [0.1, 0.15) is 0 Å². The van der Waals surface area contributed by atoms with E-state index in [1.54, 1.807) is 0 Å². The zero-order valence-corrected chi connectivity index (χ0v) is 13.2. The molecule has 20 heavy (non-hydrogen) atoms. The molecule has 0 unspecified atom stereocenters. The van der Waals surface area contributed by atoms with Crippen LogP contribution in [0, 0.1) is 5.92 Å². The summed E-state index contributed by atoms with van der Waals surface area (Å²) in [5.41, 5.74) is 5.81. The molecule has 0 saturated carbocycles. The molecule has 3 N–H and O–H groups in total. The third-order valence-electron chi connectivity index (χ3n) is 3.77. The van der Waals surface area contributed by atoms with Crippen molar-refractivity contribution in [3.8, 4) is 0 Å². The van der Waals surface area contributed by atoms with E-state index in [0.717, 1.165) is 51.6 Å². The number of ether oxygens (including phenoxy) is 1. The van der Waals surface area contributed by atoms with Crippen molar-refractivity contribution in [2.75, 3.05) is 45.9 Å². The zero-order valence-electron chi connectivity index (χ0n) is 13.2. The average Bonchev–Trinajstić information content (AvgIpc) is 2.45. The number of nitrogens with zero attached hydrogens (tertiary/aromatic N) is 2. The van der Waals surface area contributed by atoms with E-state index in [2.05, 4.69) is 22.1 Å². The molecule has 0 aromatic heterocycles. The summed E-state index contributed by atoms with van der Waals surface area (Å²) < 4.78 is 5.25. The highest BCUT2D eigenvalue weighted by molar-refractivity contribution is 5.77. The number of nitrogens with two attached hydrogens (primary N) is 1. The normalized spacial score (nSPS) is 18.4. The fourth-order valence-corrected chi connectivity index (χ4v) is 2.37. The molecule has 0 aromatic rings. The molecule has 1 saturated heterocycles. The lowest BCUT2D eigenvalue weighted by Gasteiger charge is -2.30. The van der Waals surface area contributed by atoms with E-state index < -0.39 is 0 Å². The molecule has 1 aliphatic rings. The van der Waals surface area contributed by atoms with Crippen molar-refractivity contribution >= 4 is 5.96 Å². The lowest BCUT2D eigenvalue weighted by Crippen LogP contribution is -2.37. The van der Waals surface area contributed by atoms with Gasteiger partial charge >= 0.3 is 0 Å². The summed E-state index contributed by atoms with van der Waals surface area (Å²) in [5.74, 6) is 1.47. The molecular weight excluding hydrogens is 252 g/mol. The molecule has 5 heteroatoms. The molecule has 118 valence electrons. The van der Waals surface area contributed by atoms with Crippen LogP contribution in [-0.4, -0.2) is 56.8 Å². The first-order valence-corrected chi connectivity index (χ1v) is 8.06. The van der Waals surface area contributed by atoms with Gasteiger partial charge in [-0.25, -0.2) is 0 Å². The minimum Gasteiger partial charge on any atom is -0.382 e. The Bertz CT molecular complexity index is 263. The first-order valence-electron chi connectivity index (χ1n) is 8.06. The average molecular weight is 284 g/mol.